The van der Waals surface area contributed by atoms with Crippen LogP contribution in [-0.2, 0) is 4.79 Å². The van der Waals surface area contributed by atoms with Gasteiger partial charge in [-0.1, -0.05) is 76.1 Å². The van der Waals surface area contributed by atoms with E-state index in [-0.39, 0.29) is 19.0 Å². The summed E-state index contributed by atoms with van der Waals surface area (Å²) < 4.78 is 0.841. The van der Waals surface area contributed by atoms with Crippen molar-refractivity contribution in [2.45, 2.75) is 13.0 Å². The van der Waals surface area contributed by atoms with Gasteiger partial charge < -0.3 is 10.4 Å². The van der Waals surface area contributed by atoms with Gasteiger partial charge in [-0.15, -0.1) is 0 Å². The number of fused-ring (bicyclic) bond motifs is 1. The summed E-state index contributed by atoms with van der Waals surface area (Å²) in [7, 11) is 1.70. The molecule has 0 radical (unpaired) electrons. The third kappa shape index (κ3) is 5.59. The number of amides is 1. The Labute approximate surface area is 223 Å². The van der Waals surface area contributed by atoms with Crippen molar-refractivity contribution in [3.05, 3.63) is 99.0 Å². The van der Waals surface area contributed by atoms with Crippen LogP contribution in [0, 0.1) is 6.92 Å². The molecule has 1 aromatic heterocycles. The molecule has 1 heterocycles. The Bertz CT molecular complexity index is 1430. The summed E-state index contributed by atoms with van der Waals surface area (Å²) in [6, 6.07) is 22.2. The number of carboxylic acid groups (broad SMARTS) is 1. The van der Waals surface area contributed by atoms with Crippen LogP contribution in [0.4, 0.5) is 0 Å². The Balaban J connectivity index is 1.74. The highest BCUT2D eigenvalue weighted by Crippen LogP contribution is 2.32. The second-order valence-electron chi connectivity index (χ2n) is 8.54. The first-order chi connectivity index (χ1) is 17.3. The van der Waals surface area contributed by atoms with Gasteiger partial charge in [-0.2, -0.15) is 0 Å². The lowest BCUT2D eigenvalue weighted by Gasteiger charge is -2.28. The predicted molar refractivity (Wildman–Crippen MR) is 146 cm³/mol. The fourth-order valence-electron chi connectivity index (χ4n) is 4.35. The van der Waals surface area contributed by atoms with E-state index in [1.54, 1.807) is 18.0 Å². The largest absolute Gasteiger partial charge is 0.480 e. The van der Waals surface area contributed by atoms with Crippen LogP contribution in [-0.4, -0.2) is 47.0 Å². The molecule has 4 aromatic rings. The summed E-state index contributed by atoms with van der Waals surface area (Å²) in [6.07, 6.45) is 0. The molecule has 6 nitrogen and oxygen atoms in total. The van der Waals surface area contributed by atoms with Gasteiger partial charge in [0.15, 0.2) is 0 Å². The van der Waals surface area contributed by atoms with E-state index in [1.165, 1.54) is 0 Å². The standard InChI is InChI=1S/C28H25BrClN3O3/c1-17-26(21-14-19(29)12-13-23(21)32-27(17)18-8-4-3-5-9-18)28(36)31-15-24(33(2)16-25(34)35)20-10-6-7-11-22(20)30/h3-14,24H,15-16H2,1-2H3,(H,31,36)(H,34,35). The number of carbonyl (C=O) groups is 2. The number of pyridine rings is 1. The topological polar surface area (TPSA) is 82.5 Å². The zero-order valence-electron chi connectivity index (χ0n) is 19.8. The SMILES string of the molecule is Cc1c(-c2ccccc2)nc2ccc(Br)cc2c1C(=O)NCC(c1ccccc1Cl)N(C)CC(=O)O. The number of hydrogen-bond acceptors (Lipinski definition) is 4. The van der Waals surface area contributed by atoms with Gasteiger partial charge in [0.1, 0.15) is 0 Å². The maximum atomic E-state index is 13.7. The van der Waals surface area contributed by atoms with Crippen molar-refractivity contribution in [3.8, 4) is 11.3 Å². The van der Waals surface area contributed by atoms with Crippen molar-refractivity contribution >= 4 is 50.3 Å². The summed E-state index contributed by atoms with van der Waals surface area (Å²) in [4.78, 5) is 31.6. The first-order valence-electron chi connectivity index (χ1n) is 11.4. The van der Waals surface area contributed by atoms with E-state index in [9.17, 15) is 14.7 Å². The van der Waals surface area contributed by atoms with E-state index in [2.05, 4.69) is 21.2 Å². The second kappa shape index (κ2) is 11.2. The number of carbonyl (C=O) groups excluding carboxylic acids is 1. The van der Waals surface area contributed by atoms with Gasteiger partial charge >= 0.3 is 5.97 Å². The molecular formula is C28H25BrClN3O3. The van der Waals surface area contributed by atoms with Crippen molar-refractivity contribution < 1.29 is 14.7 Å². The highest BCUT2D eigenvalue weighted by Gasteiger charge is 2.24. The average Bonchev–Trinajstić information content (AvgIpc) is 2.85. The molecule has 0 aliphatic rings. The van der Waals surface area contributed by atoms with Crippen LogP contribution in [0.25, 0.3) is 22.2 Å². The van der Waals surface area contributed by atoms with Gasteiger partial charge in [0.05, 0.1) is 29.4 Å². The molecule has 1 amide bonds. The molecule has 184 valence electrons. The molecule has 0 bridgehead atoms. The molecule has 1 atom stereocenters. The van der Waals surface area contributed by atoms with E-state index >= 15 is 0 Å². The molecule has 0 fully saturated rings. The number of nitrogens with one attached hydrogen (secondary N) is 1. The van der Waals surface area contributed by atoms with E-state index in [1.807, 2.05) is 73.7 Å². The Kier molecular flexibility index (Phi) is 8.04. The zero-order chi connectivity index (χ0) is 25.8. The molecule has 3 aromatic carbocycles. The molecule has 1 unspecified atom stereocenters. The fraction of sp³-hybridized carbons (Fsp3) is 0.179. The van der Waals surface area contributed by atoms with Crippen LogP contribution < -0.4 is 5.32 Å². The number of carboxylic acids is 1. The van der Waals surface area contributed by atoms with Gasteiger partial charge in [-0.3, -0.25) is 14.5 Å². The van der Waals surface area contributed by atoms with E-state index in [0.717, 1.165) is 32.2 Å². The quantitative estimate of drug-likeness (QED) is 0.269. The third-order valence-electron chi connectivity index (χ3n) is 6.10. The Morgan fingerprint density at radius 2 is 1.78 bits per heavy atom. The summed E-state index contributed by atoms with van der Waals surface area (Å²) in [5.41, 5.74) is 4.40. The molecule has 36 heavy (non-hydrogen) atoms. The minimum atomic E-state index is -0.964. The molecule has 0 saturated heterocycles. The second-order valence-corrected chi connectivity index (χ2v) is 9.87. The van der Waals surface area contributed by atoms with Crippen LogP contribution in [0.5, 0.6) is 0 Å². The predicted octanol–water partition coefficient (Wildman–Crippen LogP) is 6.11. The molecular weight excluding hydrogens is 542 g/mol. The monoisotopic (exact) mass is 565 g/mol. The number of aromatic nitrogens is 1. The highest BCUT2D eigenvalue weighted by molar-refractivity contribution is 9.10. The summed E-state index contributed by atoms with van der Waals surface area (Å²) in [5.74, 6) is -1.23. The van der Waals surface area contributed by atoms with Gasteiger partial charge in [0.2, 0.25) is 0 Å². The summed E-state index contributed by atoms with van der Waals surface area (Å²) in [5, 5.41) is 13.6. The van der Waals surface area contributed by atoms with Gasteiger partial charge in [-0.25, -0.2) is 4.98 Å². The normalized spacial score (nSPS) is 12.0. The Morgan fingerprint density at radius 1 is 1.08 bits per heavy atom. The van der Waals surface area contributed by atoms with E-state index in [0.29, 0.717) is 16.1 Å². The smallest absolute Gasteiger partial charge is 0.317 e. The molecule has 4 rings (SSSR count). The summed E-state index contributed by atoms with van der Waals surface area (Å²) >= 11 is 9.95. The van der Waals surface area contributed by atoms with E-state index in [4.69, 9.17) is 16.6 Å². The van der Waals surface area contributed by atoms with Crippen LogP contribution in [0.1, 0.15) is 27.5 Å². The number of nitrogens with zero attached hydrogens (tertiary/aromatic N) is 2. The van der Waals surface area contributed by atoms with Crippen molar-refractivity contribution in [1.82, 2.24) is 15.2 Å². The number of rotatable bonds is 8. The highest BCUT2D eigenvalue weighted by atomic mass is 79.9. The maximum Gasteiger partial charge on any atom is 0.317 e. The van der Waals surface area contributed by atoms with Gasteiger partial charge in [-0.05, 0) is 49.4 Å². The van der Waals surface area contributed by atoms with E-state index < -0.39 is 12.0 Å². The lowest BCUT2D eigenvalue weighted by atomic mass is 9.97. The van der Waals surface area contributed by atoms with Gasteiger partial charge in [0.25, 0.3) is 5.91 Å². The third-order valence-corrected chi connectivity index (χ3v) is 6.94. The number of halogens is 2. The van der Waals surface area contributed by atoms with Crippen LogP contribution in [0.2, 0.25) is 5.02 Å². The molecule has 0 spiro atoms. The molecule has 2 N–H and O–H groups in total. The molecule has 0 aliphatic carbocycles. The Morgan fingerprint density at radius 3 is 2.47 bits per heavy atom. The van der Waals surface area contributed by atoms with Crippen LogP contribution >= 0.6 is 27.5 Å². The molecule has 8 heteroatoms. The molecule has 0 aliphatic heterocycles. The van der Waals surface area contributed by atoms with Crippen LogP contribution in [0.3, 0.4) is 0 Å². The number of aliphatic carboxylic acids is 1. The zero-order valence-corrected chi connectivity index (χ0v) is 22.2. The lowest BCUT2D eigenvalue weighted by molar-refractivity contribution is -0.138. The van der Waals surface area contributed by atoms with Crippen molar-refractivity contribution in [2.75, 3.05) is 20.1 Å². The number of benzene rings is 3. The minimum absolute atomic E-state index is 0.171. The van der Waals surface area contributed by atoms with Crippen molar-refractivity contribution in [3.63, 3.8) is 0 Å². The number of likely N-dealkylation sites (N-methyl/N-ethyl adjacent to an activating group) is 1. The van der Waals surface area contributed by atoms with Crippen LogP contribution in [0.15, 0.2) is 77.3 Å². The van der Waals surface area contributed by atoms with Crippen molar-refractivity contribution in [2.24, 2.45) is 0 Å². The maximum absolute atomic E-state index is 13.7. The number of hydrogen-bond donors (Lipinski definition) is 2. The minimum Gasteiger partial charge on any atom is -0.480 e. The fourth-order valence-corrected chi connectivity index (χ4v) is 4.97. The summed E-state index contributed by atoms with van der Waals surface area (Å²) in [6.45, 7) is 1.87. The lowest BCUT2D eigenvalue weighted by Crippen LogP contribution is -2.38. The van der Waals surface area contributed by atoms with Gasteiger partial charge in [0, 0.05) is 27.0 Å². The molecule has 0 saturated carbocycles. The average molecular weight is 567 g/mol. The first-order valence-corrected chi connectivity index (χ1v) is 12.5. The van der Waals surface area contributed by atoms with Crippen molar-refractivity contribution in [1.29, 1.82) is 0 Å². The Hall–Kier alpha value is -3.26. The first kappa shape index (κ1) is 25.8.